The maximum atomic E-state index is 12.7. The van der Waals surface area contributed by atoms with Gasteiger partial charge in [-0.2, -0.15) is 0 Å². The monoisotopic (exact) mass is 364 g/mol. The maximum absolute atomic E-state index is 12.7. The minimum Gasteiger partial charge on any atom is -0.441 e. The minimum atomic E-state index is -0.580. The molecule has 0 unspecified atom stereocenters. The number of hydrogen-bond donors (Lipinski definition) is 2. The lowest BCUT2D eigenvalue weighted by molar-refractivity contribution is -0.136. The summed E-state index contributed by atoms with van der Waals surface area (Å²) in [7, 11) is 0. The van der Waals surface area contributed by atoms with Crippen LogP contribution in [0.3, 0.4) is 0 Å². The lowest BCUT2D eigenvalue weighted by Crippen LogP contribution is -2.39. The Labute approximate surface area is 151 Å². The summed E-state index contributed by atoms with van der Waals surface area (Å²) in [5.74, 6) is 1.24. The molecule has 2 aromatic rings. The van der Waals surface area contributed by atoms with Crippen molar-refractivity contribution in [1.82, 2.24) is 14.9 Å². The van der Waals surface area contributed by atoms with Gasteiger partial charge < -0.3 is 20.2 Å². The van der Waals surface area contributed by atoms with Gasteiger partial charge in [-0.25, -0.2) is 4.98 Å². The van der Waals surface area contributed by atoms with Crippen molar-refractivity contribution in [3.63, 3.8) is 0 Å². The summed E-state index contributed by atoms with van der Waals surface area (Å²) in [6.07, 6.45) is 4.47. The van der Waals surface area contributed by atoms with Gasteiger partial charge in [0.2, 0.25) is 11.8 Å². The van der Waals surface area contributed by atoms with Crippen LogP contribution >= 0.6 is 12.4 Å². The van der Waals surface area contributed by atoms with Crippen LogP contribution < -0.4 is 5.73 Å². The number of nitrogens with zero attached hydrogens (tertiary/aromatic N) is 3. The summed E-state index contributed by atoms with van der Waals surface area (Å²) in [6.45, 7) is 1.05. The Balaban J connectivity index is 0.00000182. The molecule has 0 bridgehead atoms. The quantitative estimate of drug-likeness (QED) is 0.827. The van der Waals surface area contributed by atoms with Gasteiger partial charge in [0.1, 0.15) is 11.5 Å². The van der Waals surface area contributed by atoms with Crippen molar-refractivity contribution >= 4 is 18.3 Å². The van der Waals surface area contributed by atoms with E-state index in [2.05, 4.69) is 9.97 Å². The third kappa shape index (κ3) is 3.40. The van der Waals surface area contributed by atoms with Gasteiger partial charge >= 0.3 is 0 Å². The van der Waals surface area contributed by atoms with E-state index >= 15 is 0 Å². The molecule has 1 saturated carbocycles. The zero-order chi connectivity index (χ0) is 16.7. The molecule has 3 atom stereocenters. The van der Waals surface area contributed by atoms with Crippen LogP contribution in [0.5, 0.6) is 0 Å². The van der Waals surface area contributed by atoms with Gasteiger partial charge in [0.05, 0.1) is 18.2 Å². The maximum Gasteiger partial charge on any atom is 0.228 e. The van der Waals surface area contributed by atoms with Gasteiger partial charge in [-0.05, 0) is 25.0 Å². The topological polar surface area (TPSA) is 105 Å². The second kappa shape index (κ2) is 7.11. The van der Waals surface area contributed by atoms with Crippen molar-refractivity contribution < 1.29 is 14.3 Å². The Hall–Kier alpha value is -1.96. The number of hydrogen-bond acceptors (Lipinski definition) is 6. The summed E-state index contributed by atoms with van der Waals surface area (Å²) < 4.78 is 5.83. The van der Waals surface area contributed by atoms with Crippen molar-refractivity contribution in [1.29, 1.82) is 0 Å². The molecule has 1 aliphatic heterocycles. The van der Waals surface area contributed by atoms with Crippen molar-refractivity contribution in [2.75, 3.05) is 6.54 Å². The predicted octanol–water partition coefficient (Wildman–Crippen LogP) is 1.14. The molecule has 134 valence electrons. The number of aliphatic hydroxyl groups is 1. The highest BCUT2D eigenvalue weighted by molar-refractivity contribution is 5.85. The number of carbonyl (C=O) groups is 1. The number of amides is 1. The fraction of sp³-hybridized carbons (Fsp3) is 0.471. The highest BCUT2D eigenvalue weighted by atomic mass is 35.5. The number of nitrogens with two attached hydrogens (primary N) is 1. The van der Waals surface area contributed by atoms with Crippen LogP contribution in [0, 0.1) is 5.92 Å². The molecule has 1 fully saturated rings. The Morgan fingerprint density at radius 3 is 2.92 bits per heavy atom. The van der Waals surface area contributed by atoms with Gasteiger partial charge in [0.15, 0.2) is 0 Å². The van der Waals surface area contributed by atoms with Crippen LogP contribution in [-0.4, -0.2) is 44.6 Å². The molecule has 0 spiro atoms. The summed E-state index contributed by atoms with van der Waals surface area (Å²) in [6, 6.07) is 3.43. The molecule has 0 saturated heterocycles. The molecule has 7 nitrogen and oxygen atoms in total. The average molecular weight is 365 g/mol. The van der Waals surface area contributed by atoms with Gasteiger partial charge in [-0.3, -0.25) is 9.78 Å². The molecular weight excluding hydrogens is 344 g/mol. The van der Waals surface area contributed by atoms with Crippen molar-refractivity contribution in [3.8, 4) is 11.5 Å². The predicted molar refractivity (Wildman–Crippen MR) is 92.8 cm³/mol. The molecule has 3 heterocycles. The summed E-state index contributed by atoms with van der Waals surface area (Å²) in [5, 5.41) is 9.77. The van der Waals surface area contributed by atoms with Gasteiger partial charge in [0, 0.05) is 37.3 Å². The first-order chi connectivity index (χ1) is 11.6. The minimum absolute atomic E-state index is 0. The summed E-state index contributed by atoms with van der Waals surface area (Å²) in [5.41, 5.74) is 7.46. The molecule has 0 radical (unpaired) electrons. The molecule has 8 heteroatoms. The standard InChI is InChI=1S/C17H20N4O3.ClH/c18-12-6-11(7-14(12)22)17(23)21-5-3-15-13(9-21)20-16(24-15)10-2-1-4-19-8-10;/h1-2,4,8,11-12,14,22H,3,5-7,9,18H2;1H/t11-,12+,14+;/m0./s1. The molecule has 25 heavy (non-hydrogen) atoms. The number of carbonyl (C=O) groups excluding carboxylic acids is 1. The van der Waals surface area contributed by atoms with E-state index in [4.69, 9.17) is 10.2 Å². The van der Waals surface area contributed by atoms with Crippen LogP contribution in [0.25, 0.3) is 11.5 Å². The summed E-state index contributed by atoms with van der Waals surface area (Å²) in [4.78, 5) is 23.1. The van der Waals surface area contributed by atoms with E-state index in [1.54, 1.807) is 17.3 Å². The number of oxazole rings is 1. The van der Waals surface area contributed by atoms with Crippen LogP contribution in [0.15, 0.2) is 28.9 Å². The SMILES string of the molecule is Cl.N[C@@H]1C[C@H](C(=O)N2CCc3oc(-c4cccnc4)nc3C2)C[C@H]1O. The van der Waals surface area contributed by atoms with E-state index < -0.39 is 6.10 Å². The Kier molecular flexibility index (Phi) is 5.08. The number of aliphatic hydroxyl groups excluding tert-OH is 1. The van der Waals surface area contributed by atoms with Crippen LogP contribution in [0.2, 0.25) is 0 Å². The molecule has 0 aromatic carbocycles. The number of rotatable bonds is 2. The lowest BCUT2D eigenvalue weighted by Gasteiger charge is -2.27. The van der Waals surface area contributed by atoms with E-state index in [0.717, 1.165) is 17.0 Å². The Bertz CT molecular complexity index is 742. The third-order valence-corrected chi connectivity index (χ3v) is 4.87. The van der Waals surface area contributed by atoms with E-state index in [1.165, 1.54) is 0 Å². The Morgan fingerprint density at radius 1 is 1.40 bits per heavy atom. The van der Waals surface area contributed by atoms with E-state index in [9.17, 15) is 9.90 Å². The van der Waals surface area contributed by atoms with Crippen molar-refractivity contribution in [3.05, 3.63) is 36.0 Å². The second-order valence-corrected chi connectivity index (χ2v) is 6.54. The normalized spacial score (nSPS) is 25.4. The van der Waals surface area contributed by atoms with Crippen molar-refractivity contribution in [2.24, 2.45) is 11.7 Å². The number of fused-ring (bicyclic) bond motifs is 1. The number of halogens is 1. The summed E-state index contributed by atoms with van der Waals surface area (Å²) >= 11 is 0. The second-order valence-electron chi connectivity index (χ2n) is 6.54. The highest BCUT2D eigenvalue weighted by Crippen LogP contribution is 2.30. The smallest absolute Gasteiger partial charge is 0.228 e. The van der Waals surface area contributed by atoms with Gasteiger partial charge in [-0.1, -0.05) is 0 Å². The molecule has 1 aliphatic carbocycles. The van der Waals surface area contributed by atoms with E-state index in [-0.39, 0.29) is 30.3 Å². The molecule has 1 amide bonds. The van der Waals surface area contributed by atoms with Crippen LogP contribution in [0.4, 0.5) is 0 Å². The zero-order valence-corrected chi connectivity index (χ0v) is 14.5. The van der Waals surface area contributed by atoms with Crippen LogP contribution in [-0.2, 0) is 17.8 Å². The molecule has 4 rings (SSSR count). The fourth-order valence-corrected chi connectivity index (χ4v) is 3.51. The number of aromatic nitrogens is 2. The average Bonchev–Trinajstić information content (AvgIpc) is 3.18. The fourth-order valence-electron chi connectivity index (χ4n) is 3.51. The zero-order valence-electron chi connectivity index (χ0n) is 13.7. The largest absolute Gasteiger partial charge is 0.441 e. The van der Waals surface area contributed by atoms with E-state index in [0.29, 0.717) is 38.2 Å². The van der Waals surface area contributed by atoms with Gasteiger partial charge in [-0.15, -0.1) is 12.4 Å². The first-order valence-electron chi connectivity index (χ1n) is 8.23. The first-order valence-corrected chi connectivity index (χ1v) is 8.23. The molecular formula is C17H21ClN4O3. The first kappa shape index (κ1) is 17.8. The molecule has 3 N–H and O–H groups in total. The lowest BCUT2D eigenvalue weighted by atomic mass is 10.0. The third-order valence-electron chi connectivity index (χ3n) is 4.87. The van der Waals surface area contributed by atoms with E-state index in [1.807, 2.05) is 12.1 Å². The van der Waals surface area contributed by atoms with Gasteiger partial charge in [0.25, 0.3) is 0 Å². The Morgan fingerprint density at radius 2 is 2.24 bits per heavy atom. The van der Waals surface area contributed by atoms with Crippen molar-refractivity contribution in [2.45, 2.75) is 38.0 Å². The van der Waals surface area contributed by atoms with Crippen LogP contribution in [0.1, 0.15) is 24.3 Å². The number of pyridine rings is 1. The highest BCUT2D eigenvalue weighted by Gasteiger charge is 2.38. The molecule has 2 aliphatic rings. The molecule has 2 aromatic heterocycles.